The molecule has 0 saturated heterocycles. The zero-order chi connectivity index (χ0) is 34.7. The number of rotatable bonds is 22. The fourth-order valence-electron chi connectivity index (χ4n) is 6.50. The van der Waals surface area contributed by atoms with E-state index in [9.17, 15) is 9.59 Å². The molecule has 2 aromatic rings. The Bertz CT molecular complexity index is 1290. The van der Waals surface area contributed by atoms with Crippen LogP contribution in [0.3, 0.4) is 0 Å². The van der Waals surface area contributed by atoms with Gasteiger partial charge in [0.25, 0.3) is 0 Å². The highest BCUT2D eigenvalue weighted by Gasteiger charge is 2.25. The Balaban J connectivity index is 1.52. The summed E-state index contributed by atoms with van der Waals surface area (Å²) in [5.41, 5.74) is 7.37. The highest BCUT2D eigenvalue weighted by atomic mass is 16.6. The van der Waals surface area contributed by atoms with Crippen LogP contribution in [0.15, 0.2) is 66.8 Å². The van der Waals surface area contributed by atoms with Crippen LogP contribution in [0.1, 0.15) is 94.2 Å². The molecule has 0 radical (unpaired) electrons. The average molecular weight is 663 g/mol. The Morgan fingerprint density at radius 2 is 1.56 bits per heavy atom. The largest absolute Gasteiger partial charge is 0.462 e. The van der Waals surface area contributed by atoms with Crippen molar-refractivity contribution in [1.29, 1.82) is 0 Å². The molecule has 0 amide bonds. The van der Waals surface area contributed by atoms with Crippen LogP contribution < -0.4 is 0 Å². The summed E-state index contributed by atoms with van der Waals surface area (Å²) in [4.78, 5) is 24.8. The Morgan fingerprint density at radius 3 is 2.17 bits per heavy atom. The van der Waals surface area contributed by atoms with Crippen LogP contribution >= 0.6 is 0 Å². The number of unbranched alkanes of at least 4 members (excludes halogenated alkanes) is 2. The molecular formula is C41H58O7. The Kier molecular flexibility index (Phi) is 17.7. The van der Waals surface area contributed by atoms with E-state index >= 15 is 0 Å². The first kappa shape index (κ1) is 39.2. The summed E-state index contributed by atoms with van der Waals surface area (Å²) >= 11 is 0. The van der Waals surface area contributed by atoms with Crippen molar-refractivity contribution in [2.75, 3.05) is 46.8 Å². The number of carbonyl (C=O) groups is 2. The third-order valence-corrected chi connectivity index (χ3v) is 9.45. The molecule has 0 heterocycles. The Morgan fingerprint density at radius 1 is 0.896 bits per heavy atom. The Hall–Kier alpha value is -3.26. The van der Waals surface area contributed by atoms with Gasteiger partial charge in [-0.05, 0) is 97.4 Å². The molecular weight excluding hydrogens is 604 g/mol. The van der Waals surface area contributed by atoms with Crippen LogP contribution in [-0.2, 0) is 41.4 Å². The van der Waals surface area contributed by atoms with E-state index in [1.165, 1.54) is 54.2 Å². The number of benzene rings is 2. The highest BCUT2D eigenvalue weighted by Crippen LogP contribution is 2.39. The highest BCUT2D eigenvalue weighted by molar-refractivity contribution is 5.88. The van der Waals surface area contributed by atoms with Crippen molar-refractivity contribution in [3.05, 3.63) is 83.5 Å². The fraction of sp³-hybridized carbons (Fsp3) is 0.561. The topological polar surface area (TPSA) is 91.3 Å². The van der Waals surface area contributed by atoms with Gasteiger partial charge in [0.05, 0.1) is 50.8 Å². The second-order valence-corrected chi connectivity index (χ2v) is 13.2. The summed E-state index contributed by atoms with van der Waals surface area (Å²) < 4.78 is 21.2. The number of aryl methyl sites for hydroxylation is 2. The number of ether oxygens (including phenoxy) is 4. The van der Waals surface area contributed by atoms with Crippen molar-refractivity contribution >= 4 is 11.9 Å². The number of methoxy groups -OCH3 is 1. The average Bonchev–Trinajstić information content (AvgIpc) is 3.11. The van der Waals surface area contributed by atoms with Crippen molar-refractivity contribution in [1.82, 2.24) is 0 Å². The van der Waals surface area contributed by atoms with Gasteiger partial charge in [0.15, 0.2) is 0 Å². The molecule has 264 valence electrons. The van der Waals surface area contributed by atoms with E-state index in [2.05, 4.69) is 69.5 Å². The smallest absolute Gasteiger partial charge is 0.335 e. The molecule has 1 fully saturated rings. The van der Waals surface area contributed by atoms with Gasteiger partial charge in [-0.3, -0.25) is 0 Å². The lowest BCUT2D eigenvalue weighted by atomic mass is 9.76. The monoisotopic (exact) mass is 662 g/mol. The molecule has 0 bridgehead atoms. The predicted molar refractivity (Wildman–Crippen MR) is 192 cm³/mol. The first-order valence-corrected chi connectivity index (χ1v) is 17.9. The van der Waals surface area contributed by atoms with Crippen molar-refractivity contribution in [2.24, 2.45) is 11.8 Å². The minimum atomic E-state index is -0.551. The summed E-state index contributed by atoms with van der Waals surface area (Å²) in [6, 6.07) is 16.3. The van der Waals surface area contributed by atoms with Crippen molar-refractivity contribution in [2.45, 2.75) is 90.4 Å². The van der Waals surface area contributed by atoms with E-state index in [1.807, 2.05) is 0 Å². The first-order chi connectivity index (χ1) is 23.3. The lowest BCUT2D eigenvalue weighted by Crippen LogP contribution is -2.24. The molecule has 1 N–H and O–H groups in total. The number of carbonyl (C=O) groups excluding carboxylic acids is 2. The van der Waals surface area contributed by atoms with Crippen LogP contribution in [0.25, 0.3) is 11.1 Å². The lowest BCUT2D eigenvalue weighted by molar-refractivity contribution is -0.145. The van der Waals surface area contributed by atoms with Crippen LogP contribution in [0.5, 0.6) is 0 Å². The van der Waals surface area contributed by atoms with Gasteiger partial charge in [-0.1, -0.05) is 82.3 Å². The van der Waals surface area contributed by atoms with E-state index in [0.29, 0.717) is 11.8 Å². The molecule has 1 unspecified atom stereocenters. The molecule has 1 aliphatic rings. The molecule has 0 aliphatic heterocycles. The number of hydrogen-bond donors (Lipinski definition) is 1. The van der Waals surface area contributed by atoms with E-state index in [0.717, 1.165) is 51.4 Å². The van der Waals surface area contributed by atoms with E-state index in [-0.39, 0.29) is 56.7 Å². The van der Waals surface area contributed by atoms with E-state index in [1.54, 1.807) is 0 Å². The number of aliphatic hydroxyl groups is 1. The van der Waals surface area contributed by atoms with Crippen molar-refractivity contribution < 1.29 is 33.6 Å². The lowest BCUT2D eigenvalue weighted by Gasteiger charge is -2.30. The summed E-state index contributed by atoms with van der Waals surface area (Å²) in [6.07, 6.45) is 12.3. The standard InChI is InChI=1S/C41H58O7/c1-6-8-9-10-33-15-22-39(35(7-2)25-33)38-20-18-37(19-21-38)36-16-13-32(14-17-36)11-12-34(28-47-40(43)30(3)26-45-5)29-48-41(44)31(4)27-46-24-23-42/h15,18-22,25,32,34,36,42H,3-4,6-14,16-17,23-24,26-29H2,1-2,5H3. The summed E-state index contributed by atoms with van der Waals surface area (Å²) in [5.74, 6) is -0.0759. The predicted octanol–water partition coefficient (Wildman–Crippen LogP) is 8.17. The number of aliphatic hydroxyl groups excluding tert-OH is 1. The van der Waals surface area contributed by atoms with E-state index < -0.39 is 11.9 Å². The molecule has 0 spiro atoms. The van der Waals surface area contributed by atoms with Crippen molar-refractivity contribution in [3.8, 4) is 11.1 Å². The minimum Gasteiger partial charge on any atom is -0.462 e. The molecule has 1 saturated carbocycles. The molecule has 7 nitrogen and oxygen atoms in total. The second kappa shape index (κ2) is 21.7. The van der Waals surface area contributed by atoms with Gasteiger partial charge < -0.3 is 24.1 Å². The summed E-state index contributed by atoms with van der Waals surface area (Å²) in [7, 11) is 1.50. The van der Waals surface area contributed by atoms with Crippen molar-refractivity contribution in [3.63, 3.8) is 0 Å². The van der Waals surface area contributed by atoms with Gasteiger partial charge in [-0.15, -0.1) is 0 Å². The quantitative estimate of drug-likeness (QED) is 0.0773. The molecule has 0 aromatic heterocycles. The van der Waals surface area contributed by atoms with Crippen LogP contribution in [0.2, 0.25) is 0 Å². The van der Waals surface area contributed by atoms with Crippen LogP contribution in [-0.4, -0.2) is 63.8 Å². The zero-order valence-electron chi connectivity index (χ0n) is 29.6. The van der Waals surface area contributed by atoms with Gasteiger partial charge in [0, 0.05) is 13.0 Å². The molecule has 3 rings (SSSR count). The van der Waals surface area contributed by atoms with Crippen LogP contribution in [0.4, 0.5) is 0 Å². The maximum atomic E-state index is 12.4. The van der Waals surface area contributed by atoms with Gasteiger partial charge in [0.1, 0.15) is 0 Å². The molecule has 7 heteroatoms. The maximum Gasteiger partial charge on any atom is 0.335 e. The summed E-state index contributed by atoms with van der Waals surface area (Å²) in [6.45, 7) is 12.3. The summed E-state index contributed by atoms with van der Waals surface area (Å²) in [5, 5.41) is 8.88. The normalized spacial score (nSPS) is 16.7. The third kappa shape index (κ3) is 13.0. The number of esters is 2. The second-order valence-electron chi connectivity index (χ2n) is 13.2. The van der Waals surface area contributed by atoms with E-state index in [4.69, 9.17) is 24.1 Å². The molecule has 1 aliphatic carbocycles. The first-order valence-electron chi connectivity index (χ1n) is 17.9. The van der Waals surface area contributed by atoms with Gasteiger partial charge >= 0.3 is 11.9 Å². The van der Waals surface area contributed by atoms with Gasteiger partial charge in [-0.2, -0.15) is 0 Å². The fourth-order valence-corrected chi connectivity index (χ4v) is 6.50. The minimum absolute atomic E-state index is 0.00603. The molecule has 48 heavy (non-hydrogen) atoms. The maximum absolute atomic E-state index is 12.4. The van der Waals surface area contributed by atoms with Gasteiger partial charge in [0.2, 0.25) is 0 Å². The Labute approximate surface area is 288 Å². The van der Waals surface area contributed by atoms with Gasteiger partial charge in [-0.25, -0.2) is 9.59 Å². The third-order valence-electron chi connectivity index (χ3n) is 9.45. The molecule has 2 aromatic carbocycles. The van der Waals surface area contributed by atoms with Crippen LogP contribution in [0, 0.1) is 11.8 Å². The SMILES string of the molecule is C=C(COC)C(=O)OCC(CCC1CCC(c2ccc(-c3ccc(CCCCC)cc3CC)cc2)CC1)COC(=O)C(=C)COCCO. The zero-order valence-corrected chi connectivity index (χ0v) is 29.6. The molecule has 1 atom stereocenters. The number of hydrogen-bond acceptors (Lipinski definition) is 7.